The van der Waals surface area contributed by atoms with Crippen LogP contribution in [0.4, 0.5) is 20.2 Å². The highest BCUT2D eigenvalue weighted by molar-refractivity contribution is 7.92. The predicted octanol–water partition coefficient (Wildman–Crippen LogP) is 3.98. The summed E-state index contributed by atoms with van der Waals surface area (Å²) in [5.74, 6) is -2.85. The van der Waals surface area contributed by atoms with Crippen LogP contribution in [0.2, 0.25) is 0 Å². The largest absolute Gasteiger partial charge is 0.351 e. The van der Waals surface area contributed by atoms with E-state index < -0.39 is 26.6 Å². The third kappa shape index (κ3) is 6.34. The third-order valence-corrected chi connectivity index (χ3v) is 6.48. The monoisotopic (exact) mass is 479 g/mol. The van der Waals surface area contributed by atoms with Gasteiger partial charge in [0.15, 0.2) is 11.6 Å². The van der Waals surface area contributed by atoms with Crippen molar-refractivity contribution in [2.45, 2.75) is 17.7 Å². The smallest absolute Gasteiger partial charge is 0.261 e. The first-order valence-corrected chi connectivity index (χ1v) is 11.8. The lowest BCUT2D eigenvalue weighted by atomic mass is 10.2. The van der Waals surface area contributed by atoms with Crippen molar-refractivity contribution in [2.75, 3.05) is 16.6 Å². The Kier molecular flexibility index (Phi) is 7.54. The summed E-state index contributed by atoms with van der Waals surface area (Å²) < 4.78 is 53.2. The Balaban J connectivity index is 1.47. The normalized spacial score (nSPS) is 11.1. The number of nitrogens with one attached hydrogen (secondary N) is 3. The Bertz CT molecular complexity index is 1200. The number of hydrogen-bond donors (Lipinski definition) is 3. The Morgan fingerprint density at radius 3 is 2.31 bits per heavy atom. The van der Waals surface area contributed by atoms with Crippen LogP contribution in [0.5, 0.6) is 0 Å². The maximum atomic E-state index is 13.3. The van der Waals surface area contributed by atoms with Gasteiger partial charge in [-0.05, 0) is 60.3 Å². The van der Waals surface area contributed by atoms with Crippen LogP contribution in [0.15, 0.2) is 64.9 Å². The molecule has 0 spiro atoms. The van der Waals surface area contributed by atoms with E-state index in [1.807, 2.05) is 0 Å². The van der Waals surface area contributed by atoms with Crippen LogP contribution in [0.3, 0.4) is 0 Å². The Hall–Kier alpha value is -3.31. The van der Waals surface area contributed by atoms with Crippen molar-refractivity contribution in [2.24, 2.45) is 0 Å². The van der Waals surface area contributed by atoms with Gasteiger partial charge in [-0.25, -0.2) is 17.2 Å². The maximum absolute atomic E-state index is 13.3. The molecule has 0 aliphatic heterocycles. The predicted molar refractivity (Wildman–Crippen MR) is 118 cm³/mol. The first-order chi connectivity index (χ1) is 15.2. The highest BCUT2D eigenvalue weighted by Crippen LogP contribution is 2.20. The molecule has 0 bridgehead atoms. The molecule has 32 heavy (non-hydrogen) atoms. The Morgan fingerprint density at radius 1 is 0.938 bits per heavy atom. The molecule has 1 aromatic heterocycles. The van der Waals surface area contributed by atoms with Crippen molar-refractivity contribution in [3.63, 3.8) is 0 Å². The van der Waals surface area contributed by atoms with Crippen molar-refractivity contribution in [1.82, 2.24) is 5.32 Å². The summed E-state index contributed by atoms with van der Waals surface area (Å²) in [6.07, 6.45) is 0.643. The molecular weight excluding hydrogens is 460 g/mol. The van der Waals surface area contributed by atoms with Gasteiger partial charge in [-0.15, -0.1) is 11.3 Å². The quantitative estimate of drug-likeness (QED) is 0.404. The van der Waals surface area contributed by atoms with Gasteiger partial charge >= 0.3 is 0 Å². The molecule has 0 saturated carbocycles. The molecule has 0 saturated heterocycles. The molecular formula is C21H19F2N3O4S2. The van der Waals surface area contributed by atoms with E-state index in [9.17, 15) is 26.8 Å². The van der Waals surface area contributed by atoms with E-state index >= 15 is 0 Å². The summed E-state index contributed by atoms with van der Waals surface area (Å²) in [5.41, 5.74) is 0.636. The number of amides is 2. The molecule has 3 aromatic rings. The van der Waals surface area contributed by atoms with Crippen LogP contribution in [0.25, 0.3) is 0 Å². The molecule has 2 amide bonds. The van der Waals surface area contributed by atoms with Gasteiger partial charge in [-0.2, -0.15) is 0 Å². The standard InChI is InChI=1S/C21H19F2N3O4S2/c22-17-10-9-16(13-18(17)23)32(29,30)26-15-7-5-14(6-8-15)25-20(27)4-1-11-24-21(28)19-3-2-12-31-19/h2-3,5-10,12-13,26H,1,4,11H2,(H,24,28)(H,25,27). The van der Waals surface area contributed by atoms with E-state index in [-0.39, 0.29) is 23.9 Å². The fraction of sp³-hybridized carbons (Fsp3) is 0.143. The average Bonchev–Trinajstić information content (AvgIpc) is 3.29. The molecule has 1 heterocycles. The number of anilines is 2. The molecule has 11 heteroatoms. The van der Waals surface area contributed by atoms with Crippen LogP contribution in [-0.4, -0.2) is 26.8 Å². The molecule has 0 aliphatic carbocycles. The van der Waals surface area contributed by atoms with Crippen LogP contribution >= 0.6 is 11.3 Å². The summed E-state index contributed by atoms with van der Waals surface area (Å²) in [4.78, 5) is 24.0. The fourth-order valence-electron chi connectivity index (χ4n) is 2.65. The molecule has 0 aliphatic rings. The number of thiophene rings is 1. The molecule has 7 nitrogen and oxygen atoms in total. The lowest BCUT2D eigenvalue weighted by Gasteiger charge is -2.10. The minimum atomic E-state index is -4.10. The van der Waals surface area contributed by atoms with Crippen molar-refractivity contribution >= 4 is 44.5 Å². The van der Waals surface area contributed by atoms with Gasteiger partial charge < -0.3 is 10.6 Å². The molecule has 168 valence electrons. The molecule has 3 N–H and O–H groups in total. The van der Waals surface area contributed by atoms with Crippen molar-refractivity contribution in [1.29, 1.82) is 0 Å². The zero-order chi connectivity index (χ0) is 23.1. The van der Waals surface area contributed by atoms with Gasteiger partial charge in [-0.1, -0.05) is 6.07 Å². The SMILES string of the molecule is O=C(CCCNC(=O)c1cccs1)Nc1ccc(NS(=O)(=O)c2ccc(F)c(F)c2)cc1. The summed E-state index contributed by atoms with van der Waals surface area (Å²) in [6.45, 7) is 0.356. The number of benzene rings is 2. The maximum Gasteiger partial charge on any atom is 0.261 e. The first kappa shape index (κ1) is 23.4. The van der Waals surface area contributed by atoms with Crippen molar-refractivity contribution < 1.29 is 26.8 Å². The van der Waals surface area contributed by atoms with Crippen molar-refractivity contribution in [3.05, 3.63) is 76.5 Å². The summed E-state index contributed by atoms with van der Waals surface area (Å²) in [5, 5.41) is 7.22. The van der Waals surface area contributed by atoms with Gasteiger partial charge in [0.05, 0.1) is 9.77 Å². The lowest BCUT2D eigenvalue weighted by molar-refractivity contribution is -0.116. The summed E-state index contributed by atoms with van der Waals surface area (Å²) in [7, 11) is -4.10. The minimum absolute atomic E-state index is 0.179. The molecule has 0 atom stereocenters. The second kappa shape index (κ2) is 10.3. The topological polar surface area (TPSA) is 104 Å². The van der Waals surface area contributed by atoms with Gasteiger partial charge in [-0.3, -0.25) is 14.3 Å². The number of sulfonamides is 1. The minimum Gasteiger partial charge on any atom is -0.351 e. The fourth-order valence-corrected chi connectivity index (χ4v) is 4.36. The zero-order valence-corrected chi connectivity index (χ0v) is 18.2. The number of carbonyl (C=O) groups is 2. The Morgan fingerprint density at radius 2 is 1.66 bits per heavy atom. The summed E-state index contributed by atoms with van der Waals surface area (Å²) in [6, 6.07) is 11.6. The second-order valence-corrected chi connectivity index (χ2v) is 9.27. The molecule has 0 fully saturated rings. The zero-order valence-electron chi connectivity index (χ0n) is 16.6. The van der Waals surface area contributed by atoms with E-state index in [0.29, 0.717) is 29.6 Å². The molecule has 2 aromatic carbocycles. The van der Waals surface area contributed by atoms with E-state index in [0.717, 1.165) is 12.1 Å². The summed E-state index contributed by atoms with van der Waals surface area (Å²) >= 11 is 1.34. The third-order valence-electron chi connectivity index (χ3n) is 4.23. The number of rotatable bonds is 9. The second-order valence-electron chi connectivity index (χ2n) is 6.64. The van der Waals surface area contributed by atoms with Gasteiger partial charge in [0, 0.05) is 24.3 Å². The first-order valence-electron chi connectivity index (χ1n) is 9.44. The highest BCUT2D eigenvalue weighted by atomic mass is 32.2. The van der Waals surface area contributed by atoms with Crippen molar-refractivity contribution in [3.8, 4) is 0 Å². The number of hydrogen-bond acceptors (Lipinski definition) is 5. The molecule has 0 radical (unpaired) electrons. The Labute approximate surface area is 187 Å². The molecule has 0 unspecified atom stereocenters. The lowest BCUT2D eigenvalue weighted by Crippen LogP contribution is -2.24. The van der Waals surface area contributed by atoms with Gasteiger partial charge in [0.1, 0.15) is 0 Å². The van der Waals surface area contributed by atoms with Gasteiger partial charge in [0.25, 0.3) is 15.9 Å². The average molecular weight is 480 g/mol. The number of halogens is 2. The van der Waals surface area contributed by atoms with Crippen LogP contribution in [0.1, 0.15) is 22.5 Å². The highest BCUT2D eigenvalue weighted by Gasteiger charge is 2.17. The van der Waals surface area contributed by atoms with E-state index in [1.54, 1.807) is 17.5 Å². The van der Waals surface area contributed by atoms with Gasteiger partial charge in [0.2, 0.25) is 5.91 Å². The van der Waals surface area contributed by atoms with E-state index in [4.69, 9.17) is 0 Å². The van der Waals surface area contributed by atoms with Crippen LogP contribution in [-0.2, 0) is 14.8 Å². The van der Waals surface area contributed by atoms with Crippen LogP contribution in [0, 0.1) is 11.6 Å². The van der Waals surface area contributed by atoms with E-state index in [1.165, 1.54) is 35.6 Å². The van der Waals surface area contributed by atoms with Crippen LogP contribution < -0.4 is 15.4 Å². The number of carbonyl (C=O) groups excluding carboxylic acids is 2. The van der Waals surface area contributed by atoms with E-state index in [2.05, 4.69) is 15.4 Å². The molecule has 3 rings (SSSR count).